The molecule has 17 heavy (non-hydrogen) atoms. The van der Waals surface area contributed by atoms with Gasteiger partial charge in [-0.25, -0.2) is 0 Å². The lowest BCUT2D eigenvalue weighted by Crippen LogP contribution is -1.99. The fourth-order valence-corrected chi connectivity index (χ4v) is 1.89. The summed E-state index contributed by atoms with van der Waals surface area (Å²) >= 11 is 3.39. The monoisotopic (exact) mass is 286 g/mol. The molecule has 1 N–H and O–H groups in total. The van der Waals surface area contributed by atoms with E-state index in [-0.39, 0.29) is 0 Å². The summed E-state index contributed by atoms with van der Waals surface area (Å²) in [5.41, 5.74) is 3.01. The third-order valence-electron chi connectivity index (χ3n) is 2.29. The van der Waals surface area contributed by atoms with Gasteiger partial charge in [0, 0.05) is 34.7 Å². The molecule has 0 aliphatic carbocycles. The Kier molecular flexibility index (Phi) is 3.79. The van der Waals surface area contributed by atoms with Crippen molar-refractivity contribution in [3.8, 4) is 12.3 Å². The van der Waals surface area contributed by atoms with Gasteiger partial charge in [-0.1, -0.05) is 12.0 Å². The number of rotatable bonds is 3. The van der Waals surface area contributed by atoms with E-state index in [1.807, 2.05) is 36.5 Å². The first-order valence-electron chi connectivity index (χ1n) is 5.18. The predicted octanol–water partition coefficient (Wildman–Crippen LogP) is 3.44. The number of terminal acetylenes is 1. The molecule has 0 spiro atoms. The molecule has 0 saturated heterocycles. The molecule has 1 aromatic heterocycles. The number of halogens is 1. The topological polar surface area (TPSA) is 24.9 Å². The Morgan fingerprint density at radius 1 is 1.29 bits per heavy atom. The van der Waals surface area contributed by atoms with Crippen molar-refractivity contribution >= 4 is 21.6 Å². The van der Waals surface area contributed by atoms with Crippen molar-refractivity contribution in [1.29, 1.82) is 0 Å². The molecule has 2 aromatic rings. The van der Waals surface area contributed by atoms with E-state index in [2.05, 4.69) is 32.2 Å². The molecular weight excluding hydrogens is 276 g/mol. The molecule has 0 saturated carbocycles. The second kappa shape index (κ2) is 5.51. The van der Waals surface area contributed by atoms with Crippen molar-refractivity contribution < 1.29 is 0 Å². The minimum atomic E-state index is 0.723. The van der Waals surface area contributed by atoms with E-state index >= 15 is 0 Å². The molecule has 1 aromatic carbocycles. The average molecular weight is 287 g/mol. The normalized spacial score (nSPS) is 9.65. The van der Waals surface area contributed by atoms with Gasteiger partial charge in [0.15, 0.2) is 0 Å². The third kappa shape index (κ3) is 3.33. The molecule has 0 bridgehead atoms. The summed E-state index contributed by atoms with van der Waals surface area (Å²) in [6.45, 7) is 0.723. The lowest BCUT2D eigenvalue weighted by Gasteiger charge is -2.06. The van der Waals surface area contributed by atoms with Crippen LogP contribution in [0.2, 0.25) is 0 Å². The van der Waals surface area contributed by atoms with Gasteiger partial charge in [0.2, 0.25) is 0 Å². The van der Waals surface area contributed by atoms with Gasteiger partial charge in [-0.3, -0.25) is 4.98 Å². The van der Waals surface area contributed by atoms with E-state index in [0.717, 1.165) is 27.8 Å². The highest BCUT2D eigenvalue weighted by molar-refractivity contribution is 9.10. The SMILES string of the molecule is C#Cc1cccc(NCc2cncc(Br)c2)c1. The summed E-state index contributed by atoms with van der Waals surface area (Å²) in [7, 11) is 0. The summed E-state index contributed by atoms with van der Waals surface area (Å²) in [6, 6.07) is 9.82. The minimum Gasteiger partial charge on any atom is -0.381 e. The van der Waals surface area contributed by atoms with Crippen molar-refractivity contribution in [3.63, 3.8) is 0 Å². The van der Waals surface area contributed by atoms with Crippen LogP contribution in [0.1, 0.15) is 11.1 Å². The minimum absolute atomic E-state index is 0.723. The van der Waals surface area contributed by atoms with Crippen molar-refractivity contribution in [1.82, 2.24) is 4.98 Å². The number of aromatic nitrogens is 1. The molecule has 0 radical (unpaired) electrons. The van der Waals surface area contributed by atoms with E-state index < -0.39 is 0 Å². The molecule has 1 heterocycles. The Bertz CT molecular complexity index is 558. The van der Waals surface area contributed by atoms with E-state index in [0.29, 0.717) is 0 Å². The summed E-state index contributed by atoms with van der Waals surface area (Å²) in [4.78, 5) is 4.11. The van der Waals surface area contributed by atoms with Gasteiger partial charge in [-0.05, 0) is 45.8 Å². The molecule has 2 nitrogen and oxygen atoms in total. The molecule has 0 amide bonds. The van der Waals surface area contributed by atoms with E-state index in [1.54, 1.807) is 6.20 Å². The number of hydrogen-bond acceptors (Lipinski definition) is 2. The molecule has 84 valence electrons. The fourth-order valence-electron chi connectivity index (χ4n) is 1.48. The van der Waals surface area contributed by atoms with Crippen LogP contribution in [0.15, 0.2) is 47.2 Å². The van der Waals surface area contributed by atoms with Crippen LogP contribution in [0.5, 0.6) is 0 Å². The molecule has 0 unspecified atom stereocenters. The lowest BCUT2D eigenvalue weighted by molar-refractivity contribution is 1.11. The maximum atomic E-state index is 5.35. The predicted molar refractivity (Wildman–Crippen MR) is 73.6 cm³/mol. The van der Waals surface area contributed by atoms with E-state index in [1.165, 1.54) is 0 Å². The Morgan fingerprint density at radius 3 is 2.94 bits per heavy atom. The fraction of sp³-hybridized carbons (Fsp3) is 0.0714. The van der Waals surface area contributed by atoms with Gasteiger partial charge in [0.25, 0.3) is 0 Å². The van der Waals surface area contributed by atoms with Crippen LogP contribution in [0.3, 0.4) is 0 Å². The zero-order chi connectivity index (χ0) is 12.1. The number of benzene rings is 1. The Morgan fingerprint density at radius 2 is 2.18 bits per heavy atom. The van der Waals surface area contributed by atoms with Crippen LogP contribution >= 0.6 is 15.9 Å². The molecule has 0 fully saturated rings. The largest absolute Gasteiger partial charge is 0.381 e. The summed E-state index contributed by atoms with van der Waals surface area (Å²) in [5.74, 6) is 2.61. The van der Waals surface area contributed by atoms with Crippen molar-refractivity contribution in [2.45, 2.75) is 6.54 Å². The van der Waals surface area contributed by atoms with Gasteiger partial charge < -0.3 is 5.32 Å². The van der Waals surface area contributed by atoms with Crippen LogP contribution in [-0.2, 0) is 6.54 Å². The van der Waals surface area contributed by atoms with Crippen LogP contribution in [0.25, 0.3) is 0 Å². The van der Waals surface area contributed by atoms with E-state index in [4.69, 9.17) is 6.42 Å². The molecule has 3 heteroatoms. The van der Waals surface area contributed by atoms with Crippen LogP contribution in [0, 0.1) is 12.3 Å². The Hall–Kier alpha value is -1.79. The molecule has 0 atom stereocenters. The summed E-state index contributed by atoms with van der Waals surface area (Å²) in [6.07, 6.45) is 8.95. The quantitative estimate of drug-likeness (QED) is 0.875. The maximum Gasteiger partial charge on any atom is 0.0416 e. The van der Waals surface area contributed by atoms with Gasteiger partial charge >= 0.3 is 0 Å². The average Bonchev–Trinajstić information content (AvgIpc) is 2.37. The zero-order valence-corrected chi connectivity index (χ0v) is 10.7. The van der Waals surface area contributed by atoms with Crippen molar-refractivity contribution in [2.75, 3.05) is 5.32 Å². The summed E-state index contributed by atoms with van der Waals surface area (Å²) < 4.78 is 0.981. The molecule has 0 aliphatic rings. The van der Waals surface area contributed by atoms with Crippen LogP contribution in [0.4, 0.5) is 5.69 Å². The van der Waals surface area contributed by atoms with Crippen LogP contribution < -0.4 is 5.32 Å². The highest BCUT2D eigenvalue weighted by Gasteiger charge is 1.96. The molecular formula is C14H11BrN2. The third-order valence-corrected chi connectivity index (χ3v) is 2.72. The standard InChI is InChI=1S/C14H11BrN2/c1-2-11-4-3-5-14(7-11)17-9-12-6-13(15)10-16-8-12/h1,3-8,10,17H,9H2. The second-order valence-corrected chi connectivity index (χ2v) is 4.51. The summed E-state index contributed by atoms with van der Waals surface area (Å²) in [5, 5.41) is 3.31. The number of hydrogen-bond donors (Lipinski definition) is 1. The number of anilines is 1. The van der Waals surface area contributed by atoms with Gasteiger partial charge in [-0.2, -0.15) is 0 Å². The highest BCUT2D eigenvalue weighted by atomic mass is 79.9. The Balaban J connectivity index is 2.05. The second-order valence-electron chi connectivity index (χ2n) is 3.59. The lowest BCUT2D eigenvalue weighted by atomic mass is 10.2. The first-order valence-corrected chi connectivity index (χ1v) is 5.97. The zero-order valence-electron chi connectivity index (χ0n) is 9.15. The first kappa shape index (κ1) is 11.7. The van der Waals surface area contributed by atoms with Gasteiger partial charge in [-0.15, -0.1) is 6.42 Å². The maximum absolute atomic E-state index is 5.35. The van der Waals surface area contributed by atoms with Crippen molar-refractivity contribution in [2.24, 2.45) is 0 Å². The van der Waals surface area contributed by atoms with Crippen molar-refractivity contribution in [3.05, 3.63) is 58.3 Å². The van der Waals surface area contributed by atoms with E-state index in [9.17, 15) is 0 Å². The smallest absolute Gasteiger partial charge is 0.0416 e. The van der Waals surface area contributed by atoms with Crippen LogP contribution in [-0.4, -0.2) is 4.98 Å². The number of nitrogens with zero attached hydrogens (tertiary/aromatic N) is 1. The van der Waals surface area contributed by atoms with Gasteiger partial charge in [0.05, 0.1) is 0 Å². The number of pyridine rings is 1. The molecule has 0 aliphatic heterocycles. The highest BCUT2D eigenvalue weighted by Crippen LogP contribution is 2.13. The number of nitrogens with one attached hydrogen (secondary N) is 1. The molecule has 2 rings (SSSR count). The van der Waals surface area contributed by atoms with Gasteiger partial charge in [0.1, 0.15) is 0 Å². The Labute approximate surface area is 109 Å². The first-order chi connectivity index (χ1) is 8.28.